The van der Waals surface area contributed by atoms with Crippen molar-refractivity contribution >= 4 is 11.6 Å². The number of hydrogen-bond donors (Lipinski definition) is 1. The molecule has 1 N–H and O–H groups in total. The third kappa shape index (κ3) is 2.98. The highest BCUT2D eigenvalue weighted by Crippen LogP contribution is 2.18. The minimum absolute atomic E-state index is 0.0202. The van der Waals surface area contributed by atoms with E-state index in [1.54, 1.807) is 0 Å². The molecule has 1 atom stereocenters. The number of hydrogen-bond acceptors (Lipinski definition) is 1. The van der Waals surface area contributed by atoms with Gasteiger partial charge in [0.1, 0.15) is 0 Å². The second kappa shape index (κ2) is 5.50. The Kier molecular flexibility index (Phi) is 3.78. The summed E-state index contributed by atoms with van der Waals surface area (Å²) >= 11 is 0. The van der Waals surface area contributed by atoms with Gasteiger partial charge in [0, 0.05) is 5.69 Å². The van der Waals surface area contributed by atoms with Gasteiger partial charge in [-0.3, -0.25) is 4.79 Å². The van der Waals surface area contributed by atoms with Crippen molar-refractivity contribution in [1.82, 2.24) is 0 Å². The quantitative estimate of drug-likeness (QED) is 0.868. The van der Waals surface area contributed by atoms with Crippen molar-refractivity contribution in [1.29, 1.82) is 0 Å². The molecule has 0 unspecified atom stereocenters. The van der Waals surface area contributed by atoms with Crippen molar-refractivity contribution in [2.24, 2.45) is 0 Å². The van der Waals surface area contributed by atoms with Crippen LogP contribution >= 0.6 is 0 Å². The van der Waals surface area contributed by atoms with E-state index in [0.717, 1.165) is 16.8 Å². The first-order valence-electron chi connectivity index (χ1n) is 6.09. The zero-order valence-electron chi connectivity index (χ0n) is 10.7. The first-order valence-corrected chi connectivity index (χ1v) is 6.09. The molecule has 2 nitrogen and oxygen atoms in total. The van der Waals surface area contributed by atoms with Crippen molar-refractivity contribution in [3.05, 3.63) is 65.7 Å². The summed E-state index contributed by atoms with van der Waals surface area (Å²) in [6, 6.07) is 17.6. The number of aryl methyl sites for hydroxylation is 1. The molecule has 1 amide bonds. The number of benzene rings is 2. The zero-order chi connectivity index (χ0) is 13.0. The Labute approximate surface area is 108 Å². The van der Waals surface area contributed by atoms with Crippen molar-refractivity contribution < 1.29 is 4.79 Å². The predicted molar refractivity (Wildman–Crippen MR) is 74.7 cm³/mol. The van der Waals surface area contributed by atoms with Crippen molar-refractivity contribution in [3.63, 3.8) is 0 Å². The number of nitrogens with one attached hydrogen (secondary N) is 1. The zero-order valence-corrected chi connectivity index (χ0v) is 10.7. The Bertz CT molecular complexity index is 534. The summed E-state index contributed by atoms with van der Waals surface area (Å²) in [5.74, 6) is -0.126. The lowest BCUT2D eigenvalue weighted by Crippen LogP contribution is -2.18. The van der Waals surface area contributed by atoms with E-state index in [0.29, 0.717) is 0 Å². The number of amides is 1. The van der Waals surface area contributed by atoms with Gasteiger partial charge in [-0.15, -0.1) is 0 Å². The van der Waals surface area contributed by atoms with E-state index in [2.05, 4.69) is 5.32 Å². The molecule has 0 radical (unpaired) electrons. The normalized spacial score (nSPS) is 11.9. The van der Waals surface area contributed by atoms with Crippen LogP contribution in [0.15, 0.2) is 54.6 Å². The number of rotatable bonds is 3. The summed E-state index contributed by atoms with van der Waals surface area (Å²) in [7, 11) is 0. The maximum absolute atomic E-state index is 12.1. The van der Waals surface area contributed by atoms with Gasteiger partial charge in [0.15, 0.2) is 0 Å². The molecule has 2 heteroatoms. The van der Waals surface area contributed by atoms with Crippen molar-refractivity contribution in [3.8, 4) is 0 Å². The Morgan fingerprint density at radius 1 is 1.06 bits per heavy atom. The lowest BCUT2D eigenvalue weighted by molar-refractivity contribution is -0.117. The molecule has 0 fully saturated rings. The first-order chi connectivity index (χ1) is 8.66. The van der Waals surface area contributed by atoms with Crippen LogP contribution in [0.5, 0.6) is 0 Å². The van der Waals surface area contributed by atoms with E-state index in [1.807, 2.05) is 68.4 Å². The monoisotopic (exact) mass is 239 g/mol. The lowest BCUT2D eigenvalue weighted by Gasteiger charge is -2.12. The summed E-state index contributed by atoms with van der Waals surface area (Å²) < 4.78 is 0. The van der Waals surface area contributed by atoms with E-state index in [1.165, 1.54) is 0 Å². The molecule has 92 valence electrons. The molecular formula is C16H17NO. The van der Waals surface area contributed by atoms with Crippen LogP contribution in [0.1, 0.15) is 24.0 Å². The third-order valence-corrected chi connectivity index (χ3v) is 2.98. The topological polar surface area (TPSA) is 29.1 Å². The third-order valence-electron chi connectivity index (χ3n) is 2.98. The molecule has 2 aromatic carbocycles. The predicted octanol–water partition coefficient (Wildman–Crippen LogP) is 3.74. The number of carbonyl (C=O) groups is 1. The van der Waals surface area contributed by atoms with Crippen LogP contribution in [-0.4, -0.2) is 5.91 Å². The smallest absolute Gasteiger partial charge is 0.231 e. The molecule has 0 saturated carbocycles. The molecule has 0 aliphatic carbocycles. The largest absolute Gasteiger partial charge is 0.326 e. The molecule has 2 aromatic rings. The molecule has 0 saturated heterocycles. The fourth-order valence-electron chi connectivity index (χ4n) is 1.87. The van der Waals surface area contributed by atoms with Crippen LogP contribution in [0.2, 0.25) is 0 Å². The Balaban J connectivity index is 2.09. The van der Waals surface area contributed by atoms with Gasteiger partial charge in [0.05, 0.1) is 5.92 Å². The minimum Gasteiger partial charge on any atom is -0.326 e. The summed E-state index contributed by atoms with van der Waals surface area (Å²) in [5, 5.41) is 2.94. The fourth-order valence-corrected chi connectivity index (χ4v) is 1.87. The first kappa shape index (κ1) is 12.4. The second-order valence-corrected chi connectivity index (χ2v) is 4.49. The van der Waals surface area contributed by atoms with Crippen LogP contribution in [0.4, 0.5) is 5.69 Å². The van der Waals surface area contributed by atoms with Gasteiger partial charge < -0.3 is 5.32 Å². The summed E-state index contributed by atoms with van der Waals surface area (Å²) in [6.45, 7) is 3.93. The van der Waals surface area contributed by atoms with Crippen molar-refractivity contribution in [2.45, 2.75) is 19.8 Å². The fraction of sp³-hybridized carbons (Fsp3) is 0.188. The Morgan fingerprint density at radius 2 is 1.78 bits per heavy atom. The van der Waals surface area contributed by atoms with Crippen molar-refractivity contribution in [2.75, 3.05) is 5.32 Å². The van der Waals surface area contributed by atoms with E-state index in [-0.39, 0.29) is 11.8 Å². The number of anilines is 1. The highest BCUT2D eigenvalue weighted by atomic mass is 16.1. The average molecular weight is 239 g/mol. The molecular weight excluding hydrogens is 222 g/mol. The summed E-state index contributed by atoms with van der Waals surface area (Å²) in [6.07, 6.45) is 0. The van der Waals surface area contributed by atoms with Gasteiger partial charge in [-0.2, -0.15) is 0 Å². The van der Waals surface area contributed by atoms with Gasteiger partial charge in [-0.05, 0) is 37.1 Å². The van der Waals surface area contributed by atoms with E-state index < -0.39 is 0 Å². The maximum atomic E-state index is 12.1. The highest BCUT2D eigenvalue weighted by molar-refractivity contribution is 5.95. The Morgan fingerprint density at radius 3 is 2.44 bits per heavy atom. The molecule has 0 bridgehead atoms. The number of carbonyl (C=O) groups excluding carboxylic acids is 1. The standard InChI is InChI=1S/C16H17NO/c1-12-7-6-10-15(11-12)17-16(18)13(2)14-8-4-3-5-9-14/h3-11,13H,1-2H3,(H,17,18)/t13-/m0/s1. The van der Waals surface area contributed by atoms with Crippen LogP contribution < -0.4 is 5.32 Å². The second-order valence-electron chi connectivity index (χ2n) is 4.49. The van der Waals surface area contributed by atoms with Gasteiger partial charge in [-0.25, -0.2) is 0 Å². The molecule has 2 rings (SSSR count). The van der Waals surface area contributed by atoms with Crippen LogP contribution in [-0.2, 0) is 4.79 Å². The molecule has 0 heterocycles. The Hall–Kier alpha value is -2.09. The summed E-state index contributed by atoms with van der Waals surface area (Å²) in [5.41, 5.74) is 3.02. The molecule has 0 aliphatic rings. The molecule has 18 heavy (non-hydrogen) atoms. The van der Waals surface area contributed by atoms with E-state index in [4.69, 9.17) is 0 Å². The van der Waals surface area contributed by atoms with Gasteiger partial charge >= 0.3 is 0 Å². The van der Waals surface area contributed by atoms with Gasteiger partial charge in [0.2, 0.25) is 5.91 Å². The van der Waals surface area contributed by atoms with Crippen LogP contribution in [0.25, 0.3) is 0 Å². The average Bonchev–Trinajstić information content (AvgIpc) is 2.39. The summed E-state index contributed by atoms with van der Waals surface area (Å²) in [4.78, 5) is 12.1. The van der Waals surface area contributed by atoms with E-state index >= 15 is 0 Å². The van der Waals surface area contributed by atoms with Gasteiger partial charge in [-0.1, -0.05) is 42.5 Å². The molecule has 0 spiro atoms. The molecule has 0 aliphatic heterocycles. The maximum Gasteiger partial charge on any atom is 0.231 e. The van der Waals surface area contributed by atoms with E-state index in [9.17, 15) is 4.79 Å². The molecule has 0 aromatic heterocycles. The minimum atomic E-state index is -0.147. The van der Waals surface area contributed by atoms with Gasteiger partial charge in [0.25, 0.3) is 0 Å². The van der Waals surface area contributed by atoms with Crippen LogP contribution in [0, 0.1) is 6.92 Å². The SMILES string of the molecule is Cc1cccc(NC(=O)[C@@H](C)c2ccccc2)c1. The lowest BCUT2D eigenvalue weighted by atomic mass is 10.0. The van der Waals surface area contributed by atoms with Crippen LogP contribution in [0.3, 0.4) is 0 Å². The highest BCUT2D eigenvalue weighted by Gasteiger charge is 2.14.